The quantitative estimate of drug-likeness (QED) is 0.546. The molecule has 0 aliphatic carbocycles. The fraction of sp³-hybridized carbons (Fsp3) is 0.208. The lowest BCUT2D eigenvalue weighted by molar-refractivity contribution is 0.102. The molecule has 0 saturated heterocycles. The smallest absolute Gasteiger partial charge is 0.255 e. The van der Waals surface area contributed by atoms with Crippen LogP contribution < -0.4 is 14.8 Å². The number of aryl methyl sites for hydroxylation is 2. The molecule has 0 saturated carbocycles. The number of benzene rings is 3. The van der Waals surface area contributed by atoms with Crippen LogP contribution in [-0.4, -0.2) is 19.1 Å². The predicted octanol–water partition coefficient (Wildman–Crippen LogP) is 5.27. The van der Waals surface area contributed by atoms with E-state index >= 15 is 0 Å². The maximum Gasteiger partial charge on any atom is 0.255 e. The van der Waals surface area contributed by atoms with Crippen LogP contribution in [0.5, 0.6) is 11.5 Å². The molecule has 28 heavy (non-hydrogen) atoms. The van der Waals surface area contributed by atoms with Gasteiger partial charge in [-0.3, -0.25) is 4.79 Å². The second kappa shape index (κ2) is 9.60. The van der Waals surface area contributed by atoms with E-state index in [2.05, 4.69) is 12.2 Å². The summed E-state index contributed by atoms with van der Waals surface area (Å²) < 4.78 is 11.3. The summed E-state index contributed by atoms with van der Waals surface area (Å²) in [6, 6.07) is 22.8. The number of para-hydroxylation sites is 2. The van der Waals surface area contributed by atoms with Crippen LogP contribution in [0.3, 0.4) is 0 Å². The molecule has 0 radical (unpaired) electrons. The van der Waals surface area contributed by atoms with E-state index in [1.165, 1.54) is 0 Å². The molecular formula is C24H25NO3. The molecule has 1 amide bonds. The molecule has 4 nitrogen and oxygen atoms in total. The number of carbonyl (C=O) groups excluding carboxylic acids is 1. The van der Waals surface area contributed by atoms with Crippen LogP contribution in [0.25, 0.3) is 0 Å². The molecule has 3 rings (SSSR count). The molecule has 1 N–H and O–H groups in total. The van der Waals surface area contributed by atoms with Gasteiger partial charge in [0.05, 0.1) is 0 Å². The summed E-state index contributed by atoms with van der Waals surface area (Å²) in [6.07, 6.45) is 0.870. The Hall–Kier alpha value is -3.27. The first kappa shape index (κ1) is 19.5. The number of hydrogen-bond acceptors (Lipinski definition) is 3. The third-order valence-electron chi connectivity index (χ3n) is 4.46. The Labute approximate surface area is 166 Å². The highest BCUT2D eigenvalue weighted by atomic mass is 16.5. The fourth-order valence-electron chi connectivity index (χ4n) is 2.93. The molecule has 0 spiro atoms. The Bertz CT molecular complexity index is 905. The fourth-order valence-corrected chi connectivity index (χ4v) is 2.93. The number of rotatable bonds is 8. The molecule has 0 aliphatic heterocycles. The van der Waals surface area contributed by atoms with Crippen molar-refractivity contribution in [3.8, 4) is 11.5 Å². The monoisotopic (exact) mass is 375 g/mol. The van der Waals surface area contributed by atoms with Gasteiger partial charge in [-0.15, -0.1) is 0 Å². The second-order valence-corrected chi connectivity index (χ2v) is 6.45. The lowest BCUT2D eigenvalue weighted by Crippen LogP contribution is -2.14. The van der Waals surface area contributed by atoms with Gasteiger partial charge in [-0.25, -0.2) is 0 Å². The van der Waals surface area contributed by atoms with E-state index in [0.29, 0.717) is 24.5 Å². The Kier molecular flexibility index (Phi) is 6.68. The van der Waals surface area contributed by atoms with E-state index in [4.69, 9.17) is 9.47 Å². The first-order valence-corrected chi connectivity index (χ1v) is 9.48. The van der Waals surface area contributed by atoms with Gasteiger partial charge in [0.15, 0.2) is 0 Å². The molecule has 144 valence electrons. The molecule has 3 aromatic rings. The molecule has 0 atom stereocenters. The number of ether oxygens (including phenoxy) is 2. The number of anilines is 1. The summed E-state index contributed by atoms with van der Waals surface area (Å²) in [7, 11) is 0. The van der Waals surface area contributed by atoms with Crippen molar-refractivity contribution in [2.75, 3.05) is 18.5 Å². The lowest BCUT2D eigenvalue weighted by atomic mass is 10.1. The van der Waals surface area contributed by atoms with E-state index in [1.54, 1.807) is 24.3 Å². The van der Waals surface area contributed by atoms with Crippen molar-refractivity contribution < 1.29 is 14.3 Å². The third kappa shape index (κ3) is 5.13. The van der Waals surface area contributed by atoms with Gasteiger partial charge in [0.1, 0.15) is 24.7 Å². The molecule has 0 bridgehead atoms. The van der Waals surface area contributed by atoms with Crippen molar-refractivity contribution in [2.24, 2.45) is 0 Å². The Morgan fingerprint density at radius 2 is 1.46 bits per heavy atom. The Balaban J connectivity index is 1.53. The van der Waals surface area contributed by atoms with Gasteiger partial charge in [-0.1, -0.05) is 43.3 Å². The second-order valence-electron chi connectivity index (χ2n) is 6.45. The van der Waals surface area contributed by atoms with Gasteiger partial charge in [0, 0.05) is 11.3 Å². The van der Waals surface area contributed by atoms with Gasteiger partial charge in [0.2, 0.25) is 0 Å². The first-order chi connectivity index (χ1) is 13.7. The molecule has 0 aliphatic rings. The summed E-state index contributed by atoms with van der Waals surface area (Å²) in [6.45, 7) is 4.98. The topological polar surface area (TPSA) is 47.6 Å². The highest BCUT2D eigenvalue weighted by Gasteiger charge is 2.10. The SMILES string of the molecule is CCc1cccc(C)c1NC(=O)c1ccc(OCCOc2ccccc2)cc1. The van der Waals surface area contributed by atoms with E-state index < -0.39 is 0 Å². The van der Waals surface area contributed by atoms with Crippen LogP contribution in [-0.2, 0) is 6.42 Å². The first-order valence-electron chi connectivity index (χ1n) is 9.48. The van der Waals surface area contributed by atoms with Crippen LogP contribution in [0.1, 0.15) is 28.4 Å². The third-order valence-corrected chi connectivity index (χ3v) is 4.46. The molecule has 0 aromatic heterocycles. The standard InChI is InChI=1S/C24H25NO3/c1-3-19-9-7-8-18(2)23(19)25-24(26)20-12-14-22(15-13-20)28-17-16-27-21-10-5-4-6-11-21/h4-15H,3,16-17H2,1-2H3,(H,25,26). The molecule has 0 heterocycles. The zero-order valence-corrected chi connectivity index (χ0v) is 16.3. The van der Waals surface area contributed by atoms with E-state index in [-0.39, 0.29) is 5.91 Å². The average Bonchev–Trinajstić information content (AvgIpc) is 2.74. The van der Waals surface area contributed by atoms with Gasteiger partial charge < -0.3 is 14.8 Å². The Morgan fingerprint density at radius 3 is 2.11 bits per heavy atom. The van der Waals surface area contributed by atoms with Crippen LogP contribution in [0.4, 0.5) is 5.69 Å². The zero-order valence-electron chi connectivity index (χ0n) is 16.3. The van der Waals surface area contributed by atoms with E-state index in [9.17, 15) is 4.79 Å². The largest absolute Gasteiger partial charge is 0.490 e. The summed E-state index contributed by atoms with van der Waals surface area (Å²) in [5, 5.41) is 3.04. The van der Waals surface area contributed by atoms with Crippen molar-refractivity contribution in [3.05, 3.63) is 89.5 Å². The van der Waals surface area contributed by atoms with E-state index in [1.807, 2.05) is 55.5 Å². The normalized spacial score (nSPS) is 10.4. The summed E-state index contributed by atoms with van der Waals surface area (Å²) >= 11 is 0. The Morgan fingerprint density at radius 1 is 0.821 bits per heavy atom. The minimum atomic E-state index is -0.122. The maximum atomic E-state index is 12.6. The zero-order chi connectivity index (χ0) is 19.8. The van der Waals surface area contributed by atoms with Gasteiger partial charge in [-0.2, -0.15) is 0 Å². The highest BCUT2D eigenvalue weighted by Crippen LogP contribution is 2.22. The van der Waals surface area contributed by atoms with Crippen molar-refractivity contribution in [2.45, 2.75) is 20.3 Å². The predicted molar refractivity (Wildman–Crippen MR) is 112 cm³/mol. The van der Waals surface area contributed by atoms with Gasteiger partial charge in [0.25, 0.3) is 5.91 Å². The highest BCUT2D eigenvalue weighted by molar-refractivity contribution is 6.05. The van der Waals surface area contributed by atoms with Crippen LogP contribution in [0.2, 0.25) is 0 Å². The van der Waals surface area contributed by atoms with Gasteiger partial charge in [-0.05, 0) is 60.9 Å². The summed E-state index contributed by atoms with van der Waals surface area (Å²) in [4.78, 5) is 12.6. The van der Waals surface area contributed by atoms with Crippen LogP contribution in [0.15, 0.2) is 72.8 Å². The molecule has 0 unspecified atom stereocenters. The van der Waals surface area contributed by atoms with Crippen LogP contribution >= 0.6 is 0 Å². The van der Waals surface area contributed by atoms with Gasteiger partial charge >= 0.3 is 0 Å². The number of carbonyl (C=O) groups is 1. The summed E-state index contributed by atoms with van der Waals surface area (Å²) in [5.41, 5.74) is 3.68. The minimum absolute atomic E-state index is 0.122. The number of nitrogens with one attached hydrogen (secondary N) is 1. The minimum Gasteiger partial charge on any atom is -0.490 e. The molecule has 4 heteroatoms. The molecule has 3 aromatic carbocycles. The number of hydrogen-bond donors (Lipinski definition) is 1. The molecule has 0 fully saturated rings. The van der Waals surface area contributed by atoms with Crippen LogP contribution in [0, 0.1) is 6.92 Å². The average molecular weight is 375 g/mol. The summed E-state index contributed by atoms with van der Waals surface area (Å²) in [5.74, 6) is 1.40. The van der Waals surface area contributed by atoms with Crippen molar-refractivity contribution in [1.29, 1.82) is 0 Å². The van der Waals surface area contributed by atoms with Crippen molar-refractivity contribution in [3.63, 3.8) is 0 Å². The van der Waals surface area contributed by atoms with E-state index in [0.717, 1.165) is 29.0 Å². The molecular weight excluding hydrogens is 350 g/mol. The number of amides is 1. The maximum absolute atomic E-state index is 12.6. The van der Waals surface area contributed by atoms with Crippen molar-refractivity contribution >= 4 is 11.6 Å². The lowest BCUT2D eigenvalue weighted by Gasteiger charge is -2.13. The van der Waals surface area contributed by atoms with Crippen molar-refractivity contribution in [1.82, 2.24) is 0 Å².